The van der Waals surface area contributed by atoms with Crippen LogP contribution in [0.4, 0.5) is 13.6 Å². The lowest BCUT2D eigenvalue weighted by molar-refractivity contribution is -0.134. The Hall–Kier alpha value is -4.41. The number of carbonyl (C=O) groups is 2. The first-order valence-corrected chi connectivity index (χ1v) is 23.2. The number of aromatic nitrogens is 3. The maximum Gasteiger partial charge on any atom is 0.408 e. The number of benzene rings is 2. The lowest BCUT2D eigenvalue weighted by Crippen LogP contribution is -2.53. The first kappa shape index (κ1) is 40.8. The molecule has 54 heavy (non-hydrogen) atoms. The number of piperidine rings is 1. The van der Waals surface area contributed by atoms with Crippen LogP contribution in [0.25, 0.3) is 11.0 Å². The molecule has 1 N–H and O–H groups in total. The fourth-order valence-corrected chi connectivity index (χ4v) is 8.73. The lowest BCUT2D eigenvalue weighted by Gasteiger charge is -2.34. The molecule has 3 heterocycles. The molecule has 5 rings (SSSR count). The van der Waals surface area contributed by atoms with E-state index in [0.29, 0.717) is 17.6 Å². The number of alkyl carbamates (subject to hydrolysis) is 1. The van der Waals surface area contributed by atoms with E-state index < -0.39 is 64.2 Å². The Balaban J connectivity index is 1.33. The second-order valence-corrected chi connectivity index (χ2v) is 23.6. The summed E-state index contributed by atoms with van der Waals surface area (Å²) in [6.45, 7) is 14.7. The number of sulfone groups is 1. The molecule has 16 heteroatoms. The van der Waals surface area contributed by atoms with Gasteiger partial charge in [-0.3, -0.25) is 4.79 Å². The van der Waals surface area contributed by atoms with E-state index in [0.717, 1.165) is 23.7 Å². The number of hydrogen-bond acceptors (Lipinski definition) is 9. The van der Waals surface area contributed by atoms with Gasteiger partial charge in [0.25, 0.3) is 0 Å². The normalized spacial score (nSPS) is 14.9. The van der Waals surface area contributed by atoms with Crippen molar-refractivity contribution in [1.82, 2.24) is 24.8 Å². The average Bonchev–Trinajstić information content (AvgIpc) is 3.42. The number of halogens is 2. The van der Waals surface area contributed by atoms with Crippen molar-refractivity contribution in [3.05, 3.63) is 77.8 Å². The maximum atomic E-state index is 15.7. The molecule has 2 aromatic carbocycles. The molecule has 1 aliphatic rings. The number of nitrogens with zero attached hydrogens (tertiary/aromatic N) is 4. The fourth-order valence-electron chi connectivity index (χ4n) is 6.22. The highest BCUT2D eigenvalue weighted by Crippen LogP contribution is 2.34. The predicted molar refractivity (Wildman–Crippen MR) is 203 cm³/mol. The minimum Gasteiger partial charge on any atom is -0.444 e. The number of ether oxygens (including phenoxy) is 3. The molecular formula is C38H49F2N5O7SSi. The number of hydrogen-bond donors (Lipinski definition) is 1. The van der Waals surface area contributed by atoms with Crippen LogP contribution in [0.3, 0.4) is 0 Å². The molecule has 12 nitrogen and oxygen atoms in total. The molecule has 2 aromatic heterocycles. The Labute approximate surface area is 316 Å². The van der Waals surface area contributed by atoms with E-state index in [1.54, 1.807) is 55.7 Å². The van der Waals surface area contributed by atoms with Crippen LogP contribution in [0.15, 0.2) is 59.9 Å². The second kappa shape index (κ2) is 16.5. The van der Waals surface area contributed by atoms with Gasteiger partial charge in [-0.2, -0.15) is 0 Å². The van der Waals surface area contributed by atoms with Crippen LogP contribution in [0.2, 0.25) is 25.7 Å². The summed E-state index contributed by atoms with van der Waals surface area (Å²) >= 11 is 0. The summed E-state index contributed by atoms with van der Waals surface area (Å²) < 4.78 is 76.6. The Morgan fingerprint density at radius 2 is 1.69 bits per heavy atom. The molecule has 0 unspecified atom stereocenters. The quantitative estimate of drug-likeness (QED) is 0.112. The number of fused-ring (bicyclic) bond motifs is 1. The molecule has 0 radical (unpaired) electrons. The van der Waals surface area contributed by atoms with Crippen molar-refractivity contribution in [3.63, 3.8) is 0 Å². The standard InChI is InChI=1S/C38H49F2N5O7SSi/c1-25-22-45(24-50-17-18-54(5,6)7)34-32(25)35(42-23-41-34)51-33-29(39)19-26(20-30(33)40)21-31(43-37(47)52-38(2,3)4)36(46)44-15-13-28(14-16-44)53(48,49)27-11-9-8-10-12-27/h8-12,19-20,22-23,28,31H,13-18,21,24H2,1-7H3,(H,43,47)/t31-/m0/s1. The molecule has 2 amide bonds. The number of carbonyl (C=O) groups excluding carboxylic acids is 2. The van der Waals surface area contributed by atoms with Gasteiger partial charge in [0.05, 0.1) is 15.5 Å². The summed E-state index contributed by atoms with van der Waals surface area (Å²) in [6, 6.07) is 9.93. The third-order valence-corrected chi connectivity index (χ3v) is 13.0. The third kappa shape index (κ3) is 10.2. The Morgan fingerprint density at radius 1 is 1.04 bits per heavy atom. The van der Waals surface area contributed by atoms with Crippen molar-refractivity contribution in [2.45, 2.75) is 101 Å². The van der Waals surface area contributed by atoms with Crippen molar-refractivity contribution in [3.8, 4) is 11.6 Å². The van der Waals surface area contributed by atoms with Gasteiger partial charge in [-0.15, -0.1) is 0 Å². The molecule has 1 saturated heterocycles. The second-order valence-electron chi connectivity index (χ2n) is 15.8. The summed E-state index contributed by atoms with van der Waals surface area (Å²) in [5.41, 5.74) is 0.395. The first-order chi connectivity index (χ1) is 25.3. The van der Waals surface area contributed by atoms with Crippen LogP contribution in [0.1, 0.15) is 44.7 Å². The fraction of sp³-hybridized carbons (Fsp3) is 0.474. The molecule has 0 spiro atoms. The largest absolute Gasteiger partial charge is 0.444 e. The van der Waals surface area contributed by atoms with Crippen molar-refractivity contribution in [2.24, 2.45) is 0 Å². The van der Waals surface area contributed by atoms with E-state index in [-0.39, 0.29) is 55.4 Å². The van der Waals surface area contributed by atoms with Crippen molar-refractivity contribution >= 4 is 40.9 Å². The van der Waals surface area contributed by atoms with Crippen molar-refractivity contribution in [1.29, 1.82) is 0 Å². The van der Waals surface area contributed by atoms with E-state index in [2.05, 4.69) is 34.9 Å². The summed E-state index contributed by atoms with van der Waals surface area (Å²) in [5.74, 6) is -3.36. The minimum absolute atomic E-state index is 0.0405. The van der Waals surface area contributed by atoms with Gasteiger partial charge in [0, 0.05) is 40.4 Å². The van der Waals surface area contributed by atoms with Gasteiger partial charge in [-0.1, -0.05) is 37.8 Å². The monoisotopic (exact) mass is 785 g/mol. The Bertz CT molecular complexity index is 2050. The molecule has 0 saturated carbocycles. The van der Waals surface area contributed by atoms with Crippen LogP contribution in [0.5, 0.6) is 11.6 Å². The molecule has 1 fully saturated rings. The van der Waals surface area contributed by atoms with Gasteiger partial charge in [-0.05, 0) is 82.0 Å². The molecule has 0 bridgehead atoms. The van der Waals surface area contributed by atoms with Crippen LogP contribution in [-0.4, -0.2) is 84.5 Å². The molecule has 292 valence electrons. The van der Waals surface area contributed by atoms with Crippen LogP contribution < -0.4 is 10.1 Å². The third-order valence-electron chi connectivity index (χ3n) is 8.99. The first-order valence-electron chi connectivity index (χ1n) is 17.9. The highest BCUT2D eigenvalue weighted by Gasteiger charge is 2.36. The summed E-state index contributed by atoms with van der Waals surface area (Å²) in [7, 11) is -4.90. The lowest BCUT2D eigenvalue weighted by atomic mass is 10.0. The summed E-state index contributed by atoms with van der Waals surface area (Å²) in [6.07, 6.45) is 2.25. The molecule has 1 atom stereocenters. The van der Waals surface area contributed by atoms with Crippen molar-refractivity contribution < 1.29 is 41.0 Å². The van der Waals surface area contributed by atoms with E-state index >= 15 is 8.78 Å². The van der Waals surface area contributed by atoms with E-state index in [1.165, 1.54) is 11.2 Å². The summed E-state index contributed by atoms with van der Waals surface area (Å²) in [4.78, 5) is 36.9. The number of amides is 2. The molecule has 0 aliphatic carbocycles. The van der Waals surface area contributed by atoms with Crippen molar-refractivity contribution in [2.75, 3.05) is 19.7 Å². The van der Waals surface area contributed by atoms with Crippen LogP contribution in [0, 0.1) is 18.6 Å². The number of likely N-dealkylation sites (tertiary alicyclic amines) is 1. The van der Waals surface area contributed by atoms with Crippen LogP contribution >= 0.6 is 0 Å². The van der Waals surface area contributed by atoms with Gasteiger partial charge in [0.1, 0.15) is 30.3 Å². The molecule has 4 aromatic rings. The Kier molecular flexibility index (Phi) is 12.5. The highest BCUT2D eigenvalue weighted by molar-refractivity contribution is 7.92. The van der Waals surface area contributed by atoms with E-state index in [9.17, 15) is 18.0 Å². The zero-order valence-electron chi connectivity index (χ0n) is 31.8. The highest BCUT2D eigenvalue weighted by atomic mass is 32.2. The zero-order valence-corrected chi connectivity index (χ0v) is 33.6. The smallest absolute Gasteiger partial charge is 0.408 e. The average molecular weight is 786 g/mol. The Morgan fingerprint density at radius 3 is 2.30 bits per heavy atom. The van der Waals surface area contributed by atoms with Gasteiger partial charge in [0.15, 0.2) is 21.5 Å². The zero-order chi connectivity index (χ0) is 39.4. The number of nitrogens with one attached hydrogen (secondary N) is 1. The molecule has 1 aliphatic heterocycles. The minimum atomic E-state index is -3.62. The maximum absolute atomic E-state index is 15.7. The predicted octanol–water partition coefficient (Wildman–Crippen LogP) is 7.02. The van der Waals surface area contributed by atoms with Gasteiger partial charge >= 0.3 is 6.09 Å². The van der Waals surface area contributed by atoms with E-state index in [4.69, 9.17) is 14.2 Å². The van der Waals surface area contributed by atoms with Gasteiger partial charge in [0.2, 0.25) is 17.5 Å². The van der Waals surface area contributed by atoms with Gasteiger partial charge < -0.3 is 29.0 Å². The SMILES string of the molecule is Cc1cn(COCC[Si](C)(C)C)c2ncnc(Oc3c(F)cc(C[C@H](NC(=O)OC(C)(C)C)C(=O)N4CCC(S(=O)(=O)c5ccccc5)CC4)cc3F)c12. The number of aryl methyl sites for hydroxylation is 1. The van der Waals surface area contributed by atoms with Crippen LogP contribution in [-0.2, 0) is 37.3 Å². The topological polar surface area (TPSA) is 142 Å². The van der Waals surface area contributed by atoms with Gasteiger partial charge in [-0.25, -0.2) is 32.0 Å². The summed E-state index contributed by atoms with van der Waals surface area (Å²) in [5, 5.41) is 2.34. The van der Waals surface area contributed by atoms with E-state index in [1.807, 2.05) is 13.1 Å². The molecular weight excluding hydrogens is 737 g/mol. The number of rotatable bonds is 13.